The van der Waals surface area contributed by atoms with Crippen LogP contribution in [0.5, 0.6) is 0 Å². The quantitative estimate of drug-likeness (QED) is 0.483. The molecule has 0 amide bonds. The van der Waals surface area contributed by atoms with Crippen molar-refractivity contribution in [3.8, 4) is 0 Å². The summed E-state index contributed by atoms with van der Waals surface area (Å²) in [5.74, 6) is 0.00403. The molecule has 0 aliphatic carbocycles. The highest BCUT2D eigenvalue weighted by atomic mass is 16.6. The van der Waals surface area contributed by atoms with Gasteiger partial charge in [-0.05, 0) is 25.0 Å². The Kier molecular flexibility index (Phi) is 4.31. The number of hydrogen-bond donors (Lipinski definition) is 0. The molecule has 0 aromatic heterocycles. The minimum Gasteiger partial charge on any atom is -0.399 e. The van der Waals surface area contributed by atoms with Gasteiger partial charge in [-0.3, -0.25) is 4.79 Å². The average molecular weight is 267 g/mol. The van der Waals surface area contributed by atoms with Crippen molar-refractivity contribution in [1.29, 1.82) is 0 Å². The van der Waals surface area contributed by atoms with Gasteiger partial charge in [0.05, 0.1) is 6.21 Å². The van der Waals surface area contributed by atoms with Crippen molar-refractivity contribution >= 4 is 12.0 Å². The lowest BCUT2D eigenvalue weighted by molar-refractivity contribution is 0.103. The van der Waals surface area contributed by atoms with E-state index in [2.05, 4.69) is 5.16 Å². The summed E-state index contributed by atoms with van der Waals surface area (Å²) < 4.78 is 0. The van der Waals surface area contributed by atoms with Gasteiger partial charge in [-0.15, -0.1) is 0 Å². The van der Waals surface area contributed by atoms with Crippen LogP contribution in [0.4, 0.5) is 0 Å². The van der Waals surface area contributed by atoms with E-state index in [9.17, 15) is 4.79 Å². The van der Waals surface area contributed by atoms with Gasteiger partial charge in [-0.1, -0.05) is 47.6 Å². The van der Waals surface area contributed by atoms with Gasteiger partial charge in [-0.2, -0.15) is 0 Å². The van der Waals surface area contributed by atoms with Crippen LogP contribution in [0.25, 0.3) is 0 Å². The molecule has 102 valence electrons. The first-order valence-corrected chi connectivity index (χ1v) is 6.41. The fraction of sp³-hybridized carbons (Fsp3) is 0.176. The number of carbonyl (C=O) groups is 1. The molecule has 0 saturated heterocycles. The Morgan fingerprint density at radius 1 is 1.00 bits per heavy atom. The molecule has 0 heterocycles. The molecule has 0 unspecified atom stereocenters. The Morgan fingerprint density at radius 3 is 2.35 bits per heavy atom. The number of hydrogen-bond acceptors (Lipinski definition) is 3. The lowest BCUT2D eigenvalue weighted by atomic mass is 9.94. The smallest absolute Gasteiger partial charge is 0.193 e. The number of oxime groups is 1. The van der Waals surface area contributed by atoms with E-state index in [-0.39, 0.29) is 5.78 Å². The van der Waals surface area contributed by atoms with Crippen LogP contribution in [0.15, 0.2) is 47.6 Å². The minimum absolute atomic E-state index is 0.00403. The second-order valence-electron chi connectivity index (χ2n) is 4.60. The third kappa shape index (κ3) is 2.77. The van der Waals surface area contributed by atoms with Crippen molar-refractivity contribution in [2.75, 3.05) is 7.11 Å². The minimum atomic E-state index is 0.00403. The van der Waals surface area contributed by atoms with Crippen LogP contribution >= 0.6 is 0 Å². The molecule has 0 atom stereocenters. The van der Waals surface area contributed by atoms with Crippen LogP contribution in [0, 0.1) is 13.8 Å². The topological polar surface area (TPSA) is 38.7 Å². The predicted molar refractivity (Wildman–Crippen MR) is 80.4 cm³/mol. The number of carbonyl (C=O) groups excluding carboxylic acids is 1. The molecule has 2 aromatic rings. The SMILES string of the molecule is CO/N=C/c1c(C)cccc1C(=O)c1ccccc1C. The molecule has 2 rings (SSSR count). The molecule has 0 N–H and O–H groups in total. The molecule has 0 fully saturated rings. The second kappa shape index (κ2) is 6.15. The van der Waals surface area contributed by atoms with Gasteiger partial charge in [0.2, 0.25) is 0 Å². The molecule has 0 radical (unpaired) electrons. The molecule has 0 aliphatic heterocycles. The van der Waals surface area contributed by atoms with Crippen LogP contribution in [0.1, 0.15) is 32.6 Å². The summed E-state index contributed by atoms with van der Waals surface area (Å²) in [6.45, 7) is 3.89. The Bertz CT molecular complexity index is 660. The molecule has 20 heavy (non-hydrogen) atoms. The van der Waals surface area contributed by atoms with Gasteiger partial charge >= 0.3 is 0 Å². The summed E-state index contributed by atoms with van der Waals surface area (Å²) in [7, 11) is 1.48. The van der Waals surface area contributed by atoms with Crippen LogP contribution in [0.2, 0.25) is 0 Å². The molecule has 0 spiro atoms. The average Bonchev–Trinajstić information content (AvgIpc) is 2.45. The van der Waals surface area contributed by atoms with Crippen LogP contribution in [-0.2, 0) is 4.84 Å². The first-order valence-electron chi connectivity index (χ1n) is 6.41. The van der Waals surface area contributed by atoms with Gasteiger partial charge < -0.3 is 4.84 Å². The van der Waals surface area contributed by atoms with Crippen LogP contribution in [-0.4, -0.2) is 19.1 Å². The maximum atomic E-state index is 12.7. The zero-order chi connectivity index (χ0) is 14.5. The van der Waals surface area contributed by atoms with Crippen LogP contribution < -0.4 is 0 Å². The third-order valence-electron chi connectivity index (χ3n) is 3.25. The van der Waals surface area contributed by atoms with E-state index in [1.54, 1.807) is 6.21 Å². The third-order valence-corrected chi connectivity index (χ3v) is 3.25. The largest absolute Gasteiger partial charge is 0.399 e. The normalized spacial score (nSPS) is 10.8. The molecule has 0 bridgehead atoms. The monoisotopic (exact) mass is 267 g/mol. The van der Waals surface area contributed by atoms with Crippen molar-refractivity contribution in [3.63, 3.8) is 0 Å². The Hall–Kier alpha value is -2.42. The van der Waals surface area contributed by atoms with E-state index in [0.29, 0.717) is 11.1 Å². The summed E-state index contributed by atoms with van der Waals surface area (Å²) >= 11 is 0. The highest BCUT2D eigenvalue weighted by Gasteiger charge is 2.15. The molecule has 0 aliphatic rings. The van der Waals surface area contributed by atoms with Crippen LogP contribution in [0.3, 0.4) is 0 Å². The van der Waals surface area contributed by atoms with E-state index < -0.39 is 0 Å². The number of nitrogens with zero attached hydrogens (tertiary/aromatic N) is 1. The fourth-order valence-electron chi connectivity index (χ4n) is 2.13. The summed E-state index contributed by atoms with van der Waals surface area (Å²) in [6.07, 6.45) is 1.58. The lowest BCUT2D eigenvalue weighted by Crippen LogP contribution is -2.08. The van der Waals surface area contributed by atoms with Crippen molar-refractivity contribution < 1.29 is 9.63 Å². The standard InChI is InChI=1S/C17H17NO2/c1-12-7-4-5-9-14(12)17(19)15-10-6-8-13(2)16(15)11-18-20-3/h4-11H,1-3H3/b18-11+. The van der Waals surface area contributed by atoms with Crippen molar-refractivity contribution in [2.45, 2.75) is 13.8 Å². The van der Waals surface area contributed by atoms with Gasteiger partial charge in [0.1, 0.15) is 7.11 Å². The van der Waals surface area contributed by atoms with E-state index in [0.717, 1.165) is 16.7 Å². The zero-order valence-electron chi connectivity index (χ0n) is 11.9. The molecule has 3 nitrogen and oxygen atoms in total. The van der Waals surface area contributed by atoms with E-state index in [4.69, 9.17) is 4.84 Å². The summed E-state index contributed by atoms with van der Waals surface area (Å²) in [5.41, 5.74) is 4.10. The van der Waals surface area contributed by atoms with Gasteiger partial charge in [0, 0.05) is 16.7 Å². The van der Waals surface area contributed by atoms with E-state index in [1.165, 1.54) is 7.11 Å². The van der Waals surface area contributed by atoms with Crippen molar-refractivity contribution in [3.05, 3.63) is 70.3 Å². The molecule has 3 heteroatoms. The maximum absolute atomic E-state index is 12.7. The second-order valence-corrected chi connectivity index (χ2v) is 4.60. The summed E-state index contributed by atoms with van der Waals surface area (Å²) in [5, 5.41) is 3.78. The summed E-state index contributed by atoms with van der Waals surface area (Å²) in [6, 6.07) is 13.2. The van der Waals surface area contributed by atoms with Gasteiger partial charge in [0.25, 0.3) is 0 Å². The lowest BCUT2D eigenvalue weighted by Gasteiger charge is -2.09. The zero-order valence-corrected chi connectivity index (χ0v) is 11.9. The van der Waals surface area contributed by atoms with E-state index >= 15 is 0 Å². The van der Waals surface area contributed by atoms with E-state index in [1.807, 2.05) is 56.3 Å². The van der Waals surface area contributed by atoms with Gasteiger partial charge in [0.15, 0.2) is 5.78 Å². The molecular formula is C17H17NO2. The van der Waals surface area contributed by atoms with Crippen molar-refractivity contribution in [1.82, 2.24) is 0 Å². The fourth-order valence-corrected chi connectivity index (χ4v) is 2.13. The molecular weight excluding hydrogens is 250 g/mol. The number of benzene rings is 2. The Balaban J connectivity index is 2.53. The molecule has 0 saturated carbocycles. The highest BCUT2D eigenvalue weighted by molar-refractivity contribution is 6.14. The summed E-state index contributed by atoms with van der Waals surface area (Å²) in [4.78, 5) is 17.4. The van der Waals surface area contributed by atoms with Gasteiger partial charge in [-0.25, -0.2) is 0 Å². The number of aryl methyl sites for hydroxylation is 2. The molecule has 2 aromatic carbocycles. The predicted octanol–water partition coefficient (Wildman–Crippen LogP) is 3.51. The highest BCUT2D eigenvalue weighted by Crippen LogP contribution is 2.19. The first-order chi connectivity index (χ1) is 9.65. The maximum Gasteiger partial charge on any atom is 0.193 e. The Labute approximate surface area is 118 Å². The first kappa shape index (κ1) is 14.0. The Morgan fingerprint density at radius 2 is 1.65 bits per heavy atom. The number of rotatable bonds is 4. The number of ketones is 1. The van der Waals surface area contributed by atoms with Crippen molar-refractivity contribution in [2.24, 2.45) is 5.16 Å².